The van der Waals surface area contributed by atoms with Crippen molar-refractivity contribution in [2.75, 3.05) is 37.2 Å². The zero-order chi connectivity index (χ0) is 21.3. The largest absolute Gasteiger partial charge is 0.493 e. The van der Waals surface area contributed by atoms with Crippen LogP contribution in [0, 0.1) is 11.6 Å². The molecular weight excluding hydrogens is 388 g/mol. The average molecular weight is 411 g/mol. The Labute approximate surface area is 174 Å². The van der Waals surface area contributed by atoms with Gasteiger partial charge in [0.15, 0.2) is 23.1 Å². The van der Waals surface area contributed by atoms with Crippen LogP contribution in [0.5, 0.6) is 11.5 Å². The second-order valence-corrected chi connectivity index (χ2v) is 7.02. The molecule has 7 heteroatoms. The Balaban J connectivity index is 1.76. The number of hydrogen-bond acceptors (Lipinski definition) is 5. The average Bonchev–Trinajstić information content (AvgIpc) is 2.79. The van der Waals surface area contributed by atoms with Gasteiger partial charge in [-0.1, -0.05) is 30.3 Å². The molecule has 2 heterocycles. The number of pyridine rings is 1. The van der Waals surface area contributed by atoms with Gasteiger partial charge in [0.1, 0.15) is 5.69 Å². The molecule has 0 aliphatic carbocycles. The third-order valence-corrected chi connectivity index (χ3v) is 5.32. The lowest BCUT2D eigenvalue weighted by Gasteiger charge is -2.39. The fourth-order valence-electron chi connectivity index (χ4n) is 3.76. The van der Waals surface area contributed by atoms with Crippen molar-refractivity contribution in [2.45, 2.75) is 13.5 Å². The highest BCUT2D eigenvalue weighted by Crippen LogP contribution is 2.40. The van der Waals surface area contributed by atoms with E-state index in [1.165, 1.54) is 20.3 Å². The Kier molecular flexibility index (Phi) is 5.44. The standard InChI is InChI=1S/C23H23F2N3O2/c1-4-27-14-28(23-21(24)19(29-2)11-20(30-3)22(23)25)13-16-12-26-17(10-18(16)27)15-8-6-5-7-9-15/h5-12H,4,13-14H2,1-3H3. The molecule has 156 valence electrons. The summed E-state index contributed by atoms with van der Waals surface area (Å²) >= 11 is 0. The highest BCUT2D eigenvalue weighted by molar-refractivity contribution is 5.70. The van der Waals surface area contributed by atoms with Crippen LogP contribution in [0.2, 0.25) is 0 Å². The number of nitrogens with zero attached hydrogens (tertiary/aromatic N) is 3. The van der Waals surface area contributed by atoms with Crippen LogP contribution < -0.4 is 19.3 Å². The van der Waals surface area contributed by atoms with Gasteiger partial charge in [0.05, 0.1) is 26.6 Å². The van der Waals surface area contributed by atoms with Crippen LogP contribution in [0.15, 0.2) is 48.7 Å². The first-order chi connectivity index (χ1) is 14.6. The molecule has 0 atom stereocenters. The van der Waals surface area contributed by atoms with Gasteiger partial charge < -0.3 is 19.3 Å². The van der Waals surface area contributed by atoms with Crippen molar-refractivity contribution in [3.05, 3.63) is 65.9 Å². The number of ether oxygens (including phenoxy) is 2. The van der Waals surface area contributed by atoms with E-state index in [0.29, 0.717) is 19.8 Å². The summed E-state index contributed by atoms with van der Waals surface area (Å²) in [4.78, 5) is 8.29. The van der Waals surface area contributed by atoms with Crippen LogP contribution in [-0.4, -0.2) is 32.4 Å². The van der Waals surface area contributed by atoms with E-state index in [2.05, 4.69) is 9.88 Å². The number of aromatic nitrogens is 1. The quantitative estimate of drug-likeness (QED) is 0.600. The Hall–Kier alpha value is -3.35. The van der Waals surface area contributed by atoms with Crippen LogP contribution in [0.3, 0.4) is 0 Å². The summed E-state index contributed by atoms with van der Waals surface area (Å²) in [5.41, 5.74) is 3.62. The van der Waals surface area contributed by atoms with Crippen molar-refractivity contribution in [1.82, 2.24) is 4.98 Å². The maximum Gasteiger partial charge on any atom is 0.191 e. The van der Waals surface area contributed by atoms with Crippen molar-refractivity contribution in [2.24, 2.45) is 0 Å². The molecule has 2 aromatic carbocycles. The maximum atomic E-state index is 15.0. The van der Waals surface area contributed by atoms with E-state index < -0.39 is 11.6 Å². The van der Waals surface area contributed by atoms with Crippen molar-refractivity contribution >= 4 is 11.4 Å². The molecule has 0 radical (unpaired) electrons. The van der Waals surface area contributed by atoms with Gasteiger partial charge in [-0.2, -0.15) is 0 Å². The predicted molar refractivity (Wildman–Crippen MR) is 113 cm³/mol. The van der Waals surface area contributed by atoms with Crippen molar-refractivity contribution in [3.63, 3.8) is 0 Å². The molecule has 1 aromatic heterocycles. The predicted octanol–water partition coefficient (Wildman–Crippen LogP) is 4.85. The van der Waals surface area contributed by atoms with Crippen molar-refractivity contribution in [1.29, 1.82) is 0 Å². The van der Waals surface area contributed by atoms with Gasteiger partial charge in [0.2, 0.25) is 0 Å². The topological polar surface area (TPSA) is 37.8 Å². The van der Waals surface area contributed by atoms with Crippen LogP contribution in [0.1, 0.15) is 12.5 Å². The SMILES string of the molecule is CCN1CN(c2c(F)c(OC)cc(OC)c2F)Cc2cnc(-c3ccccc3)cc21. The minimum absolute atomic E-state index is 0.0605. The maximum absolute atomic E-state index is 15.0. The summed E-state index contributed by atoms with van der Waals surface area (Å²) in [6, 6.07) is 13.2. The monoisotopic (exact) mass is 411 g/mol. The number of halogens is 2. The van der Waals surface area contributed by atoms with Crippen LogP contribution in [0.25, 0.3) is 11.3 Å². The number of benzene rings is 2. The molecule has 0 spiro atoms. The van der Waals surface area contributed by atoms with Gasteiger partial charge in [-0.05, 0) is 13.0 Å². The molecule has 0 saturated carbocycles. The van der Waals surface area contributed by atoms with Crippen molar-refractivity contribution in [3.8, 4) is 22.8 Å². The third kappa shape index (κ3) is 3.40. The molecule has 4 rings (SSSR count). The summed E-state index contributed by atoms with van der Waals surface area (Å²) < 4.78 is 40.2. The molecular formula is C23H23F2N3O2. The molecule has 30 heavy (non-hydrogen) atoms. The van der Waals surface area contributed by atoms with Crippen molar-refractivity contribution < 1.29 is 18.3 Å². The number of rotatable bonds is 5. The van der Waals surface area contributed by atoms with E-state index in [4.69, 9.17) is 9.47 Å². The minimum Gasteiger partial charge on any atom is -0.493 e. The fraction of sp³-hybridized carbons (Fsp3) is 0.261. The molecule has 0 saturated heterocycles. The lowest BCUT2D eigenvalue weighted by molar-refractivity contribution is 0.357. The lowest BCUT2D eigenvalue weighted by Crippen LogP contribution is -2.43. The first-order valence-corrected chi connectivity index (χ1v) is 9.71. The Bertz CT molecular complexity index is 1030. The summed E-state index contributed by atoms with van der Waals surface area (Å²) in [6.45, 7) is 3.32. The second kappa shape index (κ2) is 8.18. The molecule has 3 aromatic rings. The van der Waals surface area contributed by atoms with Crippen LogP contribution >= 0.6 is 0 Å². The first kappa shape index (κ1) is 19.9. The summed E-state index contributed by atoms with van der Waals surface area (Å²) in [7, 11) is 2.69. The second-order valence-electron chi connectivity index (χ2n) is 7.02. The molecule has 1 aliphatic rings. The molecule has 0 fully saturated rings. The van der Waals surface area contributed by atoms with E-state index in [0.717, 1.165) is 22.5 Å². The molecule has 0 N–H and O–H groups in total. The number of anilines is 2. The summed E-state index contributed by atoms with van der Waals surface area (Å²) in [6.07, 6.45) is 1.78. The summed E-state index contributed by atoms with van der Waals surface area (Å²) in [5.74, 6) is -1.61. The van der Waals surface area contributed by atoms with Gasteiger partial charge in [0, 0.05) is 42.2 Å². The van der Waals surface area contributed by atoms with E-state index in [9.17, 15) is 0 Å². The van der Waals surface area contributed by atoms with Crippen LogP contribution in [0.4, 0.5) is 20.2 Å². The van der Waals surface area contributed by atoms with E-state index >= 15 is 8.78 Å². The van der Waals surface area contributed by atoms with Gasteiger partial charge in [-0.25, -0.2) is 8.78 Å². The minimum atomic E-state index is -0.746. The van der Waals surface area contributed by atoms with Crippen LogP contribution in [-0.2, 0) is 6.54 Å². The number of hydrogen-bond donors (Lipinski definition) is 0. The smallest absolute Gasteiger partial charge is 0.191 e. The molecule has 5 nitrogen and oxygen atoms in total. The molecule has 1 aliphatic heterocycles. The highest BCUT2D eigenvalue weighted by Gasteiger charge is 2.30. The molecule has 0 bridgehead atoms. The normalized spacial score (nSPS) is 13.2. The number of methoxy groups -OCH3 is 2. The zero-order valence-electron chi connectivity index (χ0n) is 17.2. The Morgan fingerprint density at radius 1 is 1.00 bits per heavy atom. The molecule has 0 amide bonds. The fourth-order valence-corrected chi connectivity index (χ4v) is 3.76. The lowest BCUT2D eigenvalue weighted by atomic mass is 10.1. The Morgan fingerprint density at radius 3 is 2.27 bits per heavy atom. The van der Waals surface area contributed by atoms with Gasteiger partial charge in [0.25, 0.3) is 0 Å². The van der Waals surface area contributed by atoms with Gasteiger partial charge >= 0.3 is 0 Å². The zero-order valence-corrected chi connectivity index (χ0v) is 17.2. The van der Waals surface area contributed by atoms with E-state index in [-0.39, 0.29) is 17.2 Å². The third-order valence-electron chi connectivity index (χ3n) is 5.32. The Morgan fingerprint density at radius 2 is 1.67 bits per heavy atom. The van der Waals surface area contributed by atoms with Gasteiger partial charge in [-0.3, -0.25) is 4.98 Å². The molecule has 0 unspecified atom stereocenters. The van der Waals surface area contributed by atoms with E-state index in [1.807, 2.05) is 43.3 Å². The van der Waals surface area contributed by atoms with E-state index in [1.54, 1.807) is 11.1 Å². The number of fused-ring (bicyclic) bond motifs is 1. The first-order valence-electron chi connectivity index (χ1n) is 9.71. The summed E-state index contributed by atoms with van der Waals surface area (Å²) in [5, 5.41) is 0. The van der Waals surface area contributed by atoms with Gasteiger partial charge in [-0.15, -0.1) is 0 Å². The highest BCUT2D eigenvalue weighted by atomic mass is 19.1.